The van der Waals surface area contributed by atoms with Crippen molar-refractivity contribution in [1.29, 1.82) is 0 Å². The van der Waals surface area contributed by atoms with Gasteiger partial charge < -0.3 is 14.7 Å². The molecular formula is H9Na6O4P. The second-order valence-corrected chi connectivity index (χ2v) is 1.54. The molecule has 0 saturated heterocycles. The molecule has 0 aliphatic rings. The molecule has 0 radical (unpaired) electrons. The molecule has 0 aromatic carbocycles. The number of hydrogen-bond acceptors (Lipinski definition) is 1. The maximum atomic E-state index is 8.88. The van der Waals surface area contributed by atoms with Gasteiger partial charge in [-0.3, -0.25) is 0 Å². The van der Waals surface area contributed by atoms with Crippen molar-refractivity contribution in [3.63, 3.8) is 0 Å². The van der Waals surface area contributed by atoms with Gasteiger partial charge in [-0.05, 0) is 0 Å². The summed E-state index contributed by atoms with van der Waals surface area (Å²) < 4.78 is 8.88. The standard InChI is InChI=1S/6Na.H3O4P.6H/c;;;;;;1-5(2,3)4;;;;;;/h;;;;;;(H3,1,2,3,4);;;;;;. The molecule has 0 unspecified atom stereocenters. The van der Waals surface area contributed by atoms with E-state index in [4.69, 9.17) is 19.2 Å². The summed E-state index contributed by atoms with van der Waals surface area (Å²) in [5.74, 6) is 0. The molecular weight excluding hydrogens is 233 g/mol. The van der Waals surface area contributed by atoms with Gasteiger partial charge in [-0.25, -0.2) is 4.57 Å². The molecule has 11 heteroatoms. The summed E-state index contributed by atoms with van der Waals surface area (Å²) in [6, 6.07) is 0. The van der Waals surface area contributed by atoms with E-state index in [1.165, 1.54) is 0 Å². The van der Waals surface area contributed by atoms with Crippen LogP contribution in [-0.4, -0.2) is 192 Å². The van der Waals surface area contributed by atoms with Crippen LogP contribution < -0.4 is 0 Å². The Morgan fingerprint density at radius 2 is 0.636 bits per heavy atom. The van der Waals surface area contributed by atoms with Crippen molar-refractivity contribution in [2.24, 2.45) is 0 Å². The summed E-state index contributed by atoms with van der Waals surface area (Å²) in [5, 5.41) is 0. The van der Waals surface area contributed by atoms with E-state index >= 15 is 0 Å². The zero-order chi connectivity index (χ0) is 4.50. The van der Waals surface area contributed by atoms with Gasteiger partial charge >= 0.3 is 185 Å². The van der Waals surface area contributed by atoms with E-state index in [1.807, 2.05) is 0 Å². The summed E-state index contributed by atoms with van der Waals surface area (Å²) in [6.45, 7) is 0. The van der Waals surface area contributed by atoms with Crippen LogP contribution in [0.3, 0.4) is 0 Å². The van der Waals surface area contributed by atoms with E-state index in [1.54, 1.807) is 0 Å². The Kier molecular flexibility index (Phi) is 99.1. The van der Waals surface area contributed by atoms with Crippen LogP contribution in [0.15, 0.2) is 0 Å². The van der Waals surface area contributed by atoms with E-state index in [9.17, 15) is 0 Å². The molecule has 11 heavy (non-hydrogen) atoms. The normalized spacial score (nSPS) is 5.36. The zero-order valence-corrected chi connectivity index (χ0v) is 3.09. The van der Waals surface area contributed by atoms with Crippen molar-refractivity contribution in [1.82, 2.24) is 0 Å². The number of phosphoric acid groups is 1. The molecule has 0 saturated carbocycles. The van der Waals surface area contributed by atoms with Crippen molar-refractivity contribution in [2.75, 3.05) is 0 Å². The fourth-order valence-electron chi connectivity index (χ4n) is 0. The Labute approximate surface area is 199 Å². The topological polar surface area (TPSA) is 77.8 Å². The average molecular weight is 242 g/mol. The fourth-order valence-corrected chi connectivity index (χ4v) is 0. The third kappa shape index (κ3) is 85.9. The molecule has 0 aromatic rings. The van der Waals surface area contributed by atoms with Gasteiger partial charge in [0.1, 0.15) is 0 Å². The first-order valence-electron chi connectivity index (χ1n) is 0.783. The third-order valence-corrected chi connectivity index (χ3v) is 0. The van der Waals surface area contributed by atoms with Crippen molar-refractivity contribution in [3.8, 4) is 0 Å². The van der Waals surface area contributed by atoms with Crippen molar-refractivity contribution in [2.45, 2.75) is 0 Å². The summed E-state index contributed by atoms with van der Waals surface area (Å²) >= 11 is 0. The Balaban J connectivity index is -0.00000000533. The molecule has 0 spiro atoms. The molecule has 0 aliphatic heterocycles. The van der Waals surface area contributed by atoms with E-state index in [0.717, 1.165) is 0 Å². The Morgan fingerprint density at radius 3 is 0.636 bits per heavy atom. The minimum absolute atomic E-state index is 0. The Hall–Kier alpha value is 6.11. The van der Waals surface area contributed by atoms with Crippen molar-refractivity contribution >= 4 is 185 Å². The van der Waals surface area contributed by atoms with Crippen LogP contribution in [0.1, 0.15) is 0 Å². The number of rotatable bonds is 0. The van der Waals surface area contributed by atoms with E-state index in [-0.39, 0.29) is 177 Å². The van der Waals surface area contributed by atoms with E-state index in [0.29, 0.717) is 0 Å². The van der Waals surface area contributed by atoms with Crippen LogP contribution in [0.25, 0.3) is 0 Å². The van der Waals surface area contributed by atoms with Gasteiger partial charge in [-0.1, -0.05) is 0 Å². The van der Waals surface area contributed by atoms with Gasteiger partial charge in [0.05, 0.1) is 0 Å². The molecule has 0 aromatic heterocycles. The van der Waals surface area contributed by atoms with Gasteiger partial charge in [0.25, 0.3) is 0 Å². The fraction of sp³-hybridized carbons (Fsp3) is 0. The SMILES string of the molecule is O=P(O)(O)O.[NaH].[NaH].[NaH].[NaH].[NaH].[NaH]. The third-order valence-electron chi connectivity index (χ3n) is 0. The van der Waals surface area contributed by atoms with Crippen LogP contribution in [0.2, 0.25) is 0 Å². The monoisotopic (exact) mass is 242 g/mol. The predicted molar refractivity (Wildman–Crippen MR) is 57.2 cm³/mol. The molecule has 0 heterocycles. The molecule has 0 fully saturated rings. The molecule has 0 amide bonds. The van der Waals surface area contributed by atoms with Crippen LogP contribution in [0.5, 0.6) is 0 Å². The Morgan fingerprint density at radius 1 is 0.636 bits per heavy atom. The summed E-state index contributed by atoms with van der Waals surface area (Å²) in [6.07, 6.45) is 0. The van der Waals surface area contributed by atoms with Crippen LogP contribution in [0, 0.1) is 0 Å². The predicted octanol–water partition coefficient (Wildman–Crippen LogP) is -4.82. The minimum atomic E-state index is -4.64. The molecule has 44 valence electrons. The van der Waals surface area contributed by atoms with Gasteiger partial charge in [0.15, 0.2) is 0 Å². The van der Waals surface area contributed by atoms with Crippen LogP contribution in [0.4, 0.5) is 0 Å². The summed E-state index contributed by atoms with van der Waals surface area (Å²) in [5.41, 5.74) is 0. The van der Waals surface area contributed by atoms with Gasteiger partial charge in [-0.15, -0.1) is 0 Å². The van der Waals surface area contributed by atoms with Crippen LogP contribution in [-0.2, 0) is 4.57 Å². The molecule has 0 atom stereocenters. The molecule has 0 bridgehead atoms. The van der Waals surface area contributed by atoms with Crippen LogP contribution >= 0.6 is 7.82 Å². The second kappa shape index (κ2) is 25.1. The van der Waals surface area contributed by atoms with Gasteiger partial charge in [-0.2, -0.15) is 0 Å². The quantitative estimate of drug-likeness (QED) is 0.294. The Bertz CT molecular complexity index is 60.7. The first kappa shape index (κ1) is 43.4. The average Bonchev–Trinajstić information content (AvgIpc) is 0.722. The molecule has 4 nitrogen and oxygen atoms in total. The molecule has 3 N–H and O–H groups in total. The number of hydrogen-bond donors (Lipinski definition) is 3. The van der Waals surface area contributed by atoms with Crippen molar-refractivity contribution in [3.05, 3.63) is 0 Å². The van der Waals surface area contributed by atoms with E-state index in [2.05, 4.69) is 0 Å². The zero-order valence-electron chi connectivity index (χ0n) is 2.20. The van der Waals surface area contributed by atoms with E-state index < -0.39 is 7.82 Å². The van der Waals surface area contributed by atoms with Gasteiger partial charge in [0, 0.05) is 0 Å². The van der Waals surface area contributed by atoms with Crippen molar-refractivity contribution < 1.29 is 19.2 Å². The van der Waals surface area contributed by atoms with Gasteiger partial charge in [0.2, 0.25) is 0 Å². The first-order chi connectivity index (χ1) is 2.00. The molecule has 0 aliphatic carbocycles. The molecule has 0 rings (SSSR count). The maximum absolute atomic E-state index is 8.88. The second-order valence-electron chi connectivity index (χ2n) is 0.513. The first-order valence-corrected chi connectivity index (χ1v) is 2.35. The summed E-state index contributed by atoms with van der Waals surface area (Å²) in [4.78, 5) is 21.6. The summed E-state index contributed by atoms with van der Waals surface area (Å²) in [7, 11) is -4.64.